The molecule has 0 rings (SSSR count). The number of halogens is 1. The third-order valence-electron chi connectivity index (χ3n) is 2.78. The second-order valence-electron chi connectivity index (χ2n) is 3.58. The number of nitrogens with zero attached hydrogens (tertiary/aromatic N) is 1. The molecular weight excluding hydrogens is 170 g/mol. The van der Waals surface area contributed by atoms with E-state index in [1.54, 1.807) is 0 Å². The minimum Gasteiger partial charge on any atom is -1.00 e. The molecule has 0 radical (unpaired) electrons. The summed E-state index contributed by atoms with van der Waals surface area (Å²) >= 11 is 0. The minimum absolute atomic E-state index is 0. The van der Waals surface area contributed by atoms with Gasteiger partial charge < -0.3 is 16.9 Å². The summed E-state index contributed by atoms with van der Waals surface area (Å²) in [5.74, 6) is 0. The van der Waals surface area contributed by atoms with E-state index in [0.29, 0.717) is 12.1 Å². The lowest BCUT2D eigenvalue weighted by atomic mass is 10.1. The standard InChI is InChI=1S/C10H20N.ClH/c1-7-9(3)11(5,6)10(4)8-2;/h7-10H,1-2H2,3-6H3;1H/q+1;/p-1. The van der Waals surface area contributed by atoms with Gasteiger partial charge in [0.25, 0.3) is 0 Å². The second kappa shape index (κ2) is 5.39. The maximum atomic E-state index is 3.79. The predicted octanol–water partition coefficient (Wildman–Crippen LogP) is -0.784. The molecule has 0 fully saturated rings. The van der Waals surface area contributed by atoms with Gasteiger partial charge in [-0.1, -0.05) is 13.2 Å². The van der Waals surface area contributed by atoms with Gasteiger partial charge in [0.1, 0.15) is 12.1 Å². The Kier molecular flexibility index (Phi) is 6.41. The van der Waals surface area contributed by atoms with Crippen LogP contribution in [0, 0.1) is 0 Å². The third kappa shape index (κ3) is 3.00. The zero-order valence-corrected chi connectivity index (χ0v) is 9.30. The molecule has 0 heterocycles. The molecule has 12 heavy (non-hydrogen) atoms. The summed E-state index contributed by atoms with van der Waals surface area (Å²) in [4.78, 5) is 0. The Hall–Kier alpha value is -0.270. The fraction of sp³-hybridized carbons (Fsp3) is 0.600. The summed E-state index contributed by atoms with van der Waals surface area (Å²) in [6.45, 7) is 11.9. The van der Waals surface area contributed by atoms with Crippen molar-refractivity contribution in [3.8, 4) is 0 Å². The van der Waals surface area contributed by atoms with Gasteiger partial charge in [-0.25, -0.2) is 0 Å². The van der Waals surface area contributed by atoms with Crippen LogP contribution < -0.4 is 12.4 Å². The number of likely N-dealkylation sites (N-methyl/N-ethyl adjacent to an activating group) is 1. The highest BCUT2D eigenvalue weighted by atomic mass is 35.5. The molecule has 0 saturated carbocycles. The van der Waals surface area contributed by atoms with Crippen molar-refractivity contribution >= 4 is 0 Å². The van der Waals surface area contributed by atoms with Gasteiger partial charge in [-0.3, -0.25) is 0 Å². The molecule has 0 spiro atoms. The van der Waals surface area contributed by atoms with Crippen LogP contribution in [0.2, 0.25) is 0 Å². The highest BCUT2D eigenvalue weighted by Crippen LogP contribution is 2.13. The normalized spacial score (nSPS) is 15.7. The molecule has 0 aromatic heterocycles. The van der Waals surface area contributed by atoms with Crippen molar-refractivity contribution in [3.05, 3.63) is 25.3 Å². The van der Waals surface area contributed by atoms with Crippen molar-refractivity contribution in [3.63, 3.8) is 0 Å². The topological polar surface area (TPSA) is 0 Å². The lowest BCUT2D eigenvalue weighted by Gasteiger charge is -2.38. The number of rotatable bonds is 4. The van der Waals surface area contributed by atoms with E-state index < -0.39 is 0 Å². The molecule has 0 aromatic carbocycles. The molecule has 2 heteroatoms. The van der Waals surface area contributed by atoms with Crippen molar-refractivity contribution < 1.29 is 16.9 Å². The van der Waals surface area contributed by atoms with Crippen LogP contribution in [-0.4, -0.2) is 30.7 Å². The average Bonchev–Trinajstić information content (AvgIpc) is 2.01. The Morgan fingerprint density at radius 3 is 1.42 bits per heavy atom. The Morgan fingerprint density at radius 1 is 1.00 bits per heavy atom. The molecule has 0 amide bonds. The largest absolute Gasteiger partial charge is 1.00 e. The van der Waals surface area contributed by atoms with E-state index in [2.05, 4.69) is 41.1 Å². The van der Waals surface area contributed by atoms with Gasteiger partial charge >= 0.3 is 0 Å². The minimum atomic E-state index is 0. The molecule has 2 unspecified atom stereocenters. The van der Waals surface area contributed by atoms with Crippen LogP contribution in [-0.2, 0) is 0 Å². The molecule has 0 bridgehead atoms. The van der Waals surface area contributed by atoms with Crippen LogP contribution in [0.4, 0.5) is 0 Å². The number of hydrogen-bond acceptors (Lipinski definition) is 0. The first-order valence-corrected chi connectivity index (χ1v) is 4.05. The SMILES string of the molecule is C=CC(C)[N+](C)(C)C(C)C=C.[Cl-]. The van der Waals surface area contributed by atoms with Gasteiger partial charge in [0.05, 0.1) is 14.1 Å². The van der Waals surface area contributed by atoms with Crippen LogP contribution in [0.5, 0.6) is 0 Å². The van der Waals surface area contributed by atoms with Crippen LogP contribution in [0.3, 0.4) is 0 Å². The summed E-state index contributed by atoms with van der Waals surface area (Å²) in [5.41, 5.74) is 0. The number of quaternary nitrogens is 1. The average molecular weight is 190 g/mol. The van der Waals surface area contributed by atoms with Crippen LogP contribution in [0.15, 0.2) is 25.3 Å². The van der Waals surface area contributed by atoms with Crippen molar-refractivity contribution in [2.24, 2.45) is 0 Å². The Morgan fingerprint density at radius 2 is 1.25 bits per heavy atom. The molecule has 0 aliphatic carbocycles. The smallest absolute Gasteiger partial charge is 0.105 e. The maximum absolute atomic E-state index is 3.79. The molecule has 2 atom stereocenters. The molecule has 72 valence electrons. The zero-order chi connectivity index (χ0) is 9.07. The zero-order valence-electron chi connectivity index (χ0n) is 8.55. The first kappa shape index (κ1) is 14.3. The van der Waals surface area contributed by atoms with Crippen molar-refractivity contribution in [2.75, 3.05) is 14.1 Å². The highest BCUT2D eigenvalue weighted by molar-refractivity contribution is 4.82. The van der Waals surface area contributed by atoms with Crippen LogP contribution >= 0.6 is 0 Å². The van der Waals surface area contributed by atoms with E-state index in [9.17, 15) is 0 Å². The predicted molar refractivity (Wildman–Crippen MR) is 51.4 cm³/mol. The monoisotopic (exact) mass is 189 g/mol. The highest BCUT2D eigenvalue weighted by Gasteiger charge is 2.25. The Labute approximate surface area is 82.8 Å². The van der Waals surface area contributed by atoms with E-state index in [1.165, 1.54) is 0 Å². The Bertz CT molecular complexity index is 136. The summed E-state index contributed by atoms with van der Waals surface area (Å²) < 4.78 is 0.924. The molecule has 0 aliphatic heterocycles. The second-order valence-corrected chi connectivity index (χ2v) is 3.58. The van der Waals surface area contributed by atoms with Gasteiger partial charge in [0.2, 0.25) is 0 Å². The van der Waals surface area contributed by atoms with Gasteiger partial charge in [-0.15, -0.1) is 0 Å². The molecule has 0 aromatic rings. The summed E-state index contributed by atoms with van der Waals surface area (Å²) in [7, 11) is 4.39. The van der Waals surface area contributed by atoms with Crippen molar-refractivity contribution in [2.45, 2.75) is 25.9 Å². The van der Waals surface area contributed by atoms with Crippen molar-refractivity contribution in [1.29, 1.82) is 0 Å². The molecule has 0 aliphatic rings. The van der Waals surface area contributed by atoms with Gasteiger partial charge in [-0.05, 0) is 26.0 Å². The van der Waals surface area contributed by atoms with Crippen LogP contribution in [0.1, 0.15) is 13.8 Å². The summed E-state index contributed by atoms with van der Waals surface area (Å²) in [6.07, 6.45) is 3.97. The molecule has 1 nitrogen and oxygen atoms in total. The lowest BCUT2D eigenvalue weighted by molar-refractivity contribution is -0.922. The van der Waals surface area contributed by atoms with Gasteiger partial charge in [0, 0.05) is 0 Å². The fourth-order valence-electron chi connectivity index (χ4n) is 0.914. The summed E-state index contributed by atoms with van der Waals surface area (Å²) in [6, 6.07) is 0.950. The fourth-order valence-corrected chi connectivity index (χ4v) is 0.914. The van der Waals surface area contributed by atoms with E-state index in [0.717, 1.165) is 4.48 Å². The van der Waals surface area contributed by atoms with Crippen LogP contribution in [0.25, 0.3) is 0 Å². The van der Waals surface area contributed by atoms with E-state index in [-0.39, 0.29) is 12.4 Å². The first-order chi connectivity index (χ1) is 4.96. The van der Waals surface area contributed by atoms with E-state index in [1.807, 2.05) is 12.2 Å². The van der Waals surface area contributed by atoms with E-state index in [4.69, 9.17) is 0 Å². The third-order valence-corrected chi connectivity index (χ3v) is 2.78. The summed E-state index contributed by atoms with van der Waals surface area (Å²) in [5, 5.41) is 0. The molecule has 0 N–H and O–H groups in total. The number of hydrogen-bond donors (Lipinski definition) is 0. The Balaban J connectivity index is 0. The molecular formula is C10H20ClN. The van der Waals surface area contributed by atoms with E-state index >= 15 is 0 Å². The quantitative estimate of drug-likeness (QED) is 0.402. The van der Waals surface area contributed by atoms with Gasteiger partial charge in [-0.2, -0.15) is 0 Å². The van der Waals surface area contributed by atoms with Gasteiger partial charge in [0.15, 0.2) is 0 Å². The maximum Gasteiger partial charge on any atom is 0.105 e. The van der Waals surface area contributed by atoms with Crippen molar-refractivity contribution in [1.82, 2.24) is 0 Å². The lowest BCUT2D eigenvalue weighted by Crippen LogP contribution is -3.00. The first-order valence-electron chi connectivity index (χ1n) is 4.05. The molecule has 0 saturated heterocycles.